The predicted molar refractivity (Wildman–Crippen MR) is 141 cm³/mol. The molecule has 2 rings (SSSR count). The van der Waals surface area contributed by atoms with Crippen LogP contribution in [0, 0.1) is 0 Å². The minimum atomic E-state index is -4.27. The van der Waals surface area contributed by atoms with E-state index >= 15 is 0 Å². The lowest BCUT2D eigenvalue weighted by atomic mass is 9.94. The molecule has 2 fully saturated rings. The van der Waals surface area contributed by atoms with Crippen molar-refractivity contribution in [3.05, 3.63) is 0 Å². The lowest BCUT2D eigenvalue weighted by Gasteiger charge is -2.40. The van der Waals surface area contributed by atoms with Crippen LogP contribution in [0.2, 0.25) is 0 Å². The summed E-state index contributed by atoms with van der Waals surface area (Å²) in [5.41, 5.74) is -0.457. The third-order valence-electron chi connectivity index (χ3n) is 8.18. The van der Waals surface area contributed by atoms with Crippen LogP contribution in [0.25, 0.3) is 0 Å². The van der Waals surface area contributed by atoms with E-state index < -0.39 is 36.5 Å². The molecular weight excluding hydrogens is 499 g/mol. The van der Waals surface area contributed by atoms with Crippen molar-refractivity contribution in [1.29, 1.82) is 0 Å². The van der Waals surface area contributed by atoms with Crippen LogP contribution >= 0.6 is 7.60 Å². The van der Waals surface area contributed by atoms with Gasteiger partial charge in [-0.1, -0.05) is 6.92 Å². The number of hydrogen-bond donors (Lipinski definition) is 2. The van der Waals surface area contributed by atoms with E-state index in [4.69, 9.17) is 14.0 Å². The lowest BCUT2D eigenvalue weighted by Crippen LogP contribution is -2.48. The average molecular weight is 549 g/mol. The maximum atomic E-state index is 13.8. The number of ether oxygens (including phenoxy) is 2. The molecule has 2 amide bonds. The van der Waals surface area contributed by atoms with Gasteiger partial charge >= 0.3 is 7.60 Å². The fourth-order valence-electron chi connectivity index (χ4n) is 5.51. The molecule has 0 aromatic heterocycles. The van der Waals surface area contributed by atoms with E-state index in [2.05, 4.69) is 0 Å². The molecule has 2 aliphatic rings. The predicted octanol–water partition coefficient (Wildman–Crippen LogP) is 3.33. The lowest BCUT2D eigenvalue weighted by molar-refractivity contribution is -0.135. The largest absolute Gasteiger partial charge is 0.391 e. The first kappa shape index (κ1) is 32.2. The Kier molecular flexibility index (Phi) is 12.1. The maximum absolute atomic E-state index is 13.8. The highest BCUT2D eigenvalue weighted by Crippen LogP contribution is 2.61. The number of rotatable bonds is 15. The topological polar surface area (TPSA) is 126 Å². The third-order valence-corrected chi connectivity index (χ3v) is 10.5. The Hall–Kier alpha value is -1.03. The van der Waals surface area contributed by atoms with Gasteiger partial charge in [0.1, 0.15) is 0 Å². The van der Waals surface area contributed by atoms with E-state index in [1.165, 1.54) is 0 Å². The molecule has 37 heavy (non-hydrogen) atoms. The molecule has 0 aromatic carbocycles. The van der Waals surface area contributed by atoms with Crippen molar-refractivity contribution in [1.82, 2.24) is 9.80 Å². The van der Waals surface area contributed by atoms with Gasteiger partial charge in [-0.05, 0) is 65.7 Å². The number of aliphatic hydroxyl groups is 1. The summed E-state index contributed by atoms with van der Waals surface area (Å²) in [5.74, 6) is -0.127. The number of aliphatic hydroxyl groups excluding tert-OH is 1. The first-order chi connectivity index (χ1) is 17.3. The molecule has 2 saturated heterocycles. The molecule has 0 aromatic rings. The third kappa shape index (κ3) is 7.99. The summed E-state index contributed by atoms with van der Waals surface area (Å²) >= 11 is 0. The molecule has 0 aliphatic carbocycles. The Morgan fingerprint density at radius 2 is 1.59 bits per heavy atom. The summed E-state index contributed by atoms with van der Waals surface area (Å²) < 4.78 is 29.8. The highest BCUT2D eigenvalue weighted by Gasteiger charge is 2.55. The quantitative estimate of drug-likeness (QED) is 0.236. The van der Waals surface area contributed by atoms with Crippen molar-refractivity contribution in [3.63, 3.8) is 0 Å². The molecule has 0 bridgehead atoms. The van der Waals surface area contributed by atoms with Crippen LogP contribution in [0.4, 0.5) is 0 Å². The zero-order chi connectivity index (χ0) is 27.9. The van der Waals surface area contributed by atoms with E-state index in [1.807, 2.05) is 13.8 Å². The Bertz CT molecular complexity index is 809. The minimum absolute atomic E-state index is 0.0164. The van der Waals surface area contributed by atoms with Crippen molar-refractivity contribution >= 4 is 19.4 Å². The van der Waals surface area contributed by atoms with Gasteiger partial charge in [-0.15, -0.1) is 0 Å². The normalized spacial score (nSPS) is 28.1. The number of hydrogen-bond acceptors (Lipinski definition) is 7. The summed E-state index contributed by atoms with van der Waals surface area (Å²) in [4.78, 5) is 40.5. The molecule has 2 aliphatic heterocycles. The van der Waals surface area contributed by atoms with Crippen molar-refractivity contribution in [2.75, 3.05) is 40.5 Å². The van der Waals surface area contributed by atoms with Gasteiger partial charge in [0.15, 0.2) is 0 Å². The number of amides is 2. The summed E-state index contributed by atoms with van der Waals surface area (Å²) in [6, 6.07) is -0.634. The highest BCUT2D eigenvalue weighted by atomic mass is 31.2. The second-order valence-corrected chi connectivity index (χ2v) is 13.7. The van der Waals surface area contributed by atoms with Crippen LogP contribution in [-0.2, 0) is 28.2 Å². The van der Waals surface area contributed by atoms with Crippen LogP contribution < -0.4 is 0 Å². The molecule has 0 spiro atoms. The smallest absolute Gasteiger partial charge is 0.336 e. The molecule has 2 N–H and O–H groups in total. The minimum Gasteiger partial charge on any atom is -0.391 e. The second kappa shape index (κ2) is 13.9. The van der Waals surface area contributed by atoms with E-state index in [0.717, 1.165) is 19.3 Å². The Balaban J connectivity index is 2.10. The molecule has 5 atom stereocenters. The van der Waals surface area contributed by atoms with Gasteiger partial charge in [-0.25, -0.2) is 0 Å². The van der Waals surface area contributed by atoms with Crippen LogP contribution in [0.1, 0.15) is 85.5 Å². The van der Waals surface area contributed by atoms with Crippen molar-refractivity contribution in [2.24, 2.45) is 0 Å². The molecule has 0 radical (unpaired) electrons. The van der Waals surface area contributed by atoms with Gasteiger partial charge in [0.05, 0.1) is 23.4 Å². The highest BCUT2D eigenvalue weighted by molar-refractivity contribution is 7.54. The van der Waals surface area contributed by atoms with Crippen LogP contribution in [0.15, 0.2) is 0 Å². The van der Waals surface area contributed by atoms with Gasteiger partial charge < -0.3 is 33.8 Å². The standard InChI is InChI=1S/C26H49N2O8P/c1-7-26(4)17-21(19-28(26)24(31)13-9-11-15-35-6)36-37(32,33)25(2,3)22-16-20(29)18-27(22)23(30)12-8-10-14-34-5/h20-22,29H,7-19H2,1-6H3,(H,32,33)/t20-,21-,22+,26?/m1/s1. The number of β-amino-alcohol motifs (C(OH)–C–C–N with tert-alkyl or cyclic N) is 1. The Labute approximate surface area is 222 Å². The Morgan fingerprint density at radius 3 is 2.14 bits per heavy atom. The molecule has 11 heteroatoms. The molecule has 2 heterocycles. The van der Waals surface area contributed by atoms with Crippen molar-refractivity contribution in [3.8, 4) is 0 Å². The summed E-state index contributed by atoms with van der Waals surface area (Å²) in [6.45, 7) is 8.83. The van der Waals surface area contributed by atoms with Crippen molar-refractivity contribution < 1.29 is 38.2 Å². The van der Waals surface area contributed by atoms with E-state index in [1.54, 1.807) is 37.9 Å². The maximum Gasteiger partial charge on any atom is 0.336 e. The zero-order valence-electron chi connectivity index (χ0n) is 23.6. The molecule has 216 valence electrons. The average Bonchev–Trinajstić information content (AvgIpc) is 3.39. The SMILES string of the molecule is CCC1(C)C[C@@H](OP(=O)(O)C(C)(C)[C@@H]2C[C@@H](O)CN2C(=O)CCCCOC)CN1C(=O)CCCCOC. The van der Waals surface area contributed by atoms with E-state index in [-0.39, 0.29) is 37.7 Å². The zero-order valence-corrected chi connectivity index (χ0v) is 24.5. The van der Waals surface area contributed by atoms with Gasteiger partial charge in [0.2, 0.25) is 11.8 Å². The van der Waals surface area contributed by atoms with E-state index in [9.17, 15) is 24.2 Å². The molecular formula is C26H49N2O8P. The summed E-state index contributed by atoms with van der Waals surface area (Å²) in [5, 5.41) is 9.07. The van der Waals surface area contributed by atoms with Crippen molar-refractivity contribution in [2.45, 2.75) is 114 Å². The number of nitrogens with zero attached hydrogens (tertiary/aromatic N) is 2. The number of carbonyl (C=O) groups excluding carboxylic acids is 2. The first-order valence-electron chi connectivity index (χ1n) is 13.6. The second-order valence-electron chi connectivity index (χ2n) is 11.3. The Morgan fingerprint density at radius 1 is 1.03 bits per heavy atom. The molecule has 10 nitrogen and oxygen atoms in total. The van der Waals surface area contributed by atoms with Gasteiger partial charge in [0.25, 0.3) is 0 Å². The van der Waals surface area contributed by atoms with Crippen LogP contribution in [0.3, 0.4) is 0 Å². The fourth-order valence-corrected chi connectivity index (χ4v) is 6.95. The number of carbonyl (C=O) groups is 2. The van der Waals surface area contributed by atoms with Gasteiger partial charge in [-0.2, -0.15) is 0 Å². The van der Waals surface area contributed by atoms with Crippen LogP contribution in [0.5, 0.6) is 0 Å². The monoisotopic (exact) mass is 548 g/mol. The molecule has 2 unspecified atom stereocenters. The number of likely N-dealkylation sites (tertiary alicyclic amines) is 2. The first-order valence-corrected chi connectivity index (χ1v) is 15.2. The summed E-state index contributed by atoms with van der Waals surface area (Å²) in [6.07, 6.45) is 3.63. The summed E-state index contributed by atoms with van der Waals surface area (Å²) in [7, 11) is -1.02. The van der Waals surface area contributed by atoms with Crippen LogP contribution in [-0.4, -0.2) is 101 Å². The number of unbranched alkanes of at least 4 members (excludes halogenated alkanes) is 2. The van der Waals surface area contributed by atoms with E-state index in [0.29, 0.717) is 38.9 Å². The van der Waals surface area contributed by atoms with Gasteiger partial charge in [0, 0.05) is 58.9 Å². The molecule has 0 saturated carbocycles. The van der Waals surface area contributed by atoms with Gasteiger partial charge in [-0.3, -0.25) is 14.2 Å². The number of methoxy groups -OCH3 is 2. The fraction of sp³-hybridized carbons (Fsp3) is 0.923.